The SMILES string of the molecule is Cc1ccc(C(=O)NCc2cc(Br)cc(Br)c2O)cc1. The topological polar surface area (TPSA) is 49.3 Å². The van der Waals surface area contributed by atoms with Crippen LogP contribution in [0.5, 0.6) is 5.75 Å². The zero-order valence-corrected chi connectivity index (χ0v) is 14.0. The quantitative estimate of drug-likeness (QED) is 0.815. The first-order chi connectivity index (χ1) is 9.47. The van der Waals surface area contributed by atoms with Gasteiger partial charge in [0.05, 0.1) is 4.47 Å². The molecule has 0 bridgehead atoms. The first-order valence-corrected chi connectivity index (χ1v) is 7.57. The number of carbonyl (C=O) groups excluding carboxylic acids is 1. The van der Waals surface area contributed by atoms with Gasteiger partial charge in [-0.15, -0.1) is 0 Å². The lowest BCUT2D eigenvalue weighted by molar-refractivity contribution is 0.0950. The monoisotopic (exact) mass is 397 g/mol. The van der Waals surface area contributed by atoms with Crippen molar-refractivity contribution in [2.45, 2.75) is 13.5 Å². The number of amides is 1. The van der Waals surface area contributed by atoms with Crippen LogP contribution in [0.25, 0.3) is 0 Å². The molecule has 1 amide bonds. The van der Waals surface area contributed by atoms with E-state index >= 15 is 0 Å². The summed E-state index contributed by atoms with van der Waals surface area (Å²) in [6.07, 6.45) is 0. The van der Waals surface area contributed by atoms with E-state index in [1.54, 1.807) is 24.3 Å². The minimum Gasteiger partial charge on any atom is -0.506 e. The number of aryl methyl sites for hydroxylation is 1. The maximum absolute atomic E-state index is 12.0. The molecule has 104 valence electrons. The fourth-order valence-corrected chi connectivity index (χ4v) is 3.05. The Bertz CT molecular complexity index is 639. The summed E-state index contributed by atoms with van der Waals surface area (Å²) < 4.78 is 1.42. The highest BCUT2D eigenvalue weighted by Gasteiger charge is 2.10. The van der Waals surface area contributed by atoms with Crippen LogP contribution < -0.4 is 5.32 Å². The second-order valence-corrected chi connectivity index (χ2v) is 6.21. The predicted octanol–water partition coefficient (Wildman–Crippen LogP) is 4.16. The molecular formula is C15H13Br2NO2. The average Bonchev–Trinajstić information content (AvgIpc) is 2.41. The van der Waals surface area contributed by atoms with Gasteiger partial charge < -0.3 is 10.4 Å². The van der Waals surface area contributed by atoms with Gasteiger partial charge in [-0.2, -0.15) is 0 Å². The third kappa shape index (κ3) is 3.61. The number of benzene rings is 2. The van der Waals surface area contributed by atoms with Gasteiger partial charge in [-0.1, -0.05) is 33.6 Å². The molecule has 2 N–H and O–H groups in total. The molecule has 5 heteroatoms. The summed E-state index contributed by atoms with van der Waals surface area (Å²) in [4.78, 5) is 12.0. The van der Waals surface area contributed by atoms with Crippen molar-refractivity contribution < 1.29 is 9.90 Å². The molecule has 2 aromatic carbocycles. The normalized spacial score (nSPS) is 10.3. The van der Waals surface area contributed by atoms with Crippen LogP contribution in [0.2, 0.25) is 0 Å². The van der Waals surface area contributed by atoms with Gasteiger partial charge in [0.1, 0.15) is 5.75 Å². The summed E-state index contributed by atoms with van der Waals surface area (Å²) in [5.41, 5.74) is 2.35. The predicted molar refractivity (Wildman–Crippen MR) is 85.9 cm³/mol. The van der Waals surface area contributed by atoms with E-state index in [1.807, 2.05) is 19.1 Å². The Morgan fingerprint density at radius 2 is 1.85 bits per heavy atom. The van der Waals surface area contributed by atoms with Crippen molar-refractivity contribution in [1.82, 2.24) is 5.32 Å². The fraction of sp³-hybridized carbons (Fsp3) is 0.133. The van der Waals surface area contributed by atoms with Crippen molar-refractivity contribution >= 4 is 37.8 Å². The van der Waals surface area contributed by atoms with E-state index in [0.717, 1.165) is 10.0 Å². The van der Waals surface area contributed by atoms with Gasteiger partial charge in [0.15, 0.2) is 0 Å². The van der Waals surface area contributed by atoms with E-state index < -0.39 is 0 Å². The molecule has 0 atom stereocenters. The minimum atomic E-state index is -0.166. The standard InChI is InChI=1S/C15H13Br2NO2/c1-9-2-4-10(5-3-9)15(20)18-8-11-6-12(16)7-13(17)14(11)19/h2-7,19H,8H2,1H3,(H,18,20). The highest BCUT2D eigenvalue weighted by Crippen LogP contribution is 2.31. The average molecular weight is 399 g/mol. The lowest BCUT2D eigenvalue weighted by Crippen LogP contribution is -2.22. The van der Waals surface area contributed by atoms with Crippen molar-refractivity contribution in [2.24, 2.45) is 0 Å². The van der Waals surface area contributed by atoms with Crippen molar-refractivity contribution in [3.63, 3.8) is 0 Å². The molecule has 2 aromatic rings. The van der Waals surface area contributed by atoms with Gasteiger partial charge in [-0.3, -0.25) is 4.79 Å². The molecule has 0 aliphatic carbocycles. The Morgan fingerprint density at radius 1 is 1.20 bits per heavy atom. The molecule has 0 aliphatic heterocycles. The highest BCUT2D eigenvalue weighted by atomic mass is 79.9. The first kappa shape index (κ1) is 15.1. The number of aromatic hydroxyl groups is 1. The highest BCUT2D eigenvalue weighted by molar-refractivity contribution is 9.11. The van der Waals surface area contributed by atoms with Gasteiger partial charge in [0, 0.05) is 22.1 Å². The Labute approximate surface area is 134 Å². The zero-order valence-electron chi connectivity index (χ0n) is 10.8. The number of halogens is 2. The fourth-order valence-electron chi connectivity index (χ4n) is 1.74. The molecule has 0 unspecified atom stereocenters. The van der Waals surface area contributed by atoms with Crippen molar-refractivity contribution in [3.05, 3.63) is 62.0 Å². The van der Waals surface area contributed by atoms with E-state index in [2.05, 4.69) is 37.2 Å². The molecule has 0 saturated heterocycles. The number of hydrogen-bond acceptors (Lipinski definition) is 2. The lowest BCUT2D eigenvalue weighted by atomic mass is 10.1. The number of hydrogen-bond donors (Lipinski definition) is 2. The van der Waals surface area contributed by atoms with Crippen LogP contribution in [0.1, 0.15) is 21.5 Å². The summed E-state index contributed by atoms with van der Waals surface area (Å²) in [6.45, 7) is 2.23. The largest absolute Gasteiger partial charge is 0.506 e. The summed E-state index contributed by atoms with van der Waals surface area (Å²) in [7, 11) is 0. The van der Waals surface area contributed by atoms with E-state index in [9.17, 15) is 9.90 Å². The van der Waals surface area contributed by atoms with Crippen LogP contribution in [-0.4, -0.2) is 11.0 Å². The Hall–Kier alpha value is -1.33. The van der Waals surface area contributed by atoms with E-state index in [4.69, 9.17) is 0 Å². The summed E-state index contributed by atoms with van der Waals surface area (Å²) >= 11 is 6.62. The van der Waals surface area contributed by atoms with Crippen molar-refractivity contribution in [1.29, 1.82) is 0 Å². The molecule has 2 rings (SSSR count). The number of carbonyl (C=O) groups is 1. The summed E-state index contributed by atoms with van der Waals surface area (Å²) in [6, 6.07) is 10.9. The number of phenols is 1. The molecule has 0 spiro atoms. The van der Waals surface area contributed by atoms with Gasteiger partial charge in [-0.05, 0) is 47.1 Å². The van der Waals surface area contributed by atoms with Gasteiger partial charge in [0.25, 0.3) is 5.91 Å². The zero-order chi connectivity index (χ0) is 14.7. The van der Waals surface area contributed by atoms with E-state index in [1.165, 1.54) is 0 Å². The second kappa shape index (κ2) is 6.41. The second-order valence-electron chi connectivity index (χ2n) is 4.44. The molecule has 0 radical (unpaired) electrons. The van der Waals surface area contributed by atoms with Crippen LogP contribution >= 0.6 is 31.9 Å². The van der Waals surface area contributed by atoms with Crippen LogP contribution in [0.15, 0.2) is 45.3 Å². The molecule has 20 heavy (non-hydrogen) atoms. The smallest absolute Gasteiger partial charge is 0.251 e. The van der Waals surface area contributed by atoms with Crippen LogP contribution in [0.3, 0.4) is 0 Å². The van der Waals surface area contributed by atoms with Crippen LogP contribution in [-0.2, 0) is 6.54 Å². The van der Waals surface area contributed by atoms with Crippen LogP contribution in [0, 0.1) is 6.92 Å². The number of phenolic OH excluding ortho intramolecular Hbond substituents is 1. The molecule has 0 aromatic heterocycles. The Morgan fingerprint density at radius 3 is 2.50 bits per heavy atom. The molecule has 0 fully saturated rings. The van der Waals surface area contributed by atoms with Crippen molar-refractivity contribution in [2.75, 3.05) is 0 Å². The van der Waals surface area contributed by atoms with Crippen LogP contribution in [0.4, 0.5) is 0 Å². The van der Waals surface area contributed by atoms with Gasteiger partial charge >= 0.3 is 0 Å². The van der Waals surface area contributed by atoms with Gasteiger partial charge in [0.2, 0.25) is 0 Å². The van der Waals surface area contributed by atoms with Gasteiger partial charge in [-0.25, -0.2) is 0 Å². The van der Waals surface area contributed by atoms with E-state index in [0.29, 0.717) is 15.6 Å². The molecule has 0 aliphatic rings. The maximum Gasteiger partial charge on any atom is 0.251 e. The Kier molecular flexibility index (Phi) is 4.83. The Balaban J connectivity index is 2.09. The summed E-state index contributed by atoms with van der Waals surface area (Å²) in [5, 5.41) is 12.7. The molecular weight excluding hydrogens is 386 g/mol. The number of nitrogens with one attached hydrogen (secondary N) is 1. The molecule has 0 saturated carbocycles. The third-order valence-corrected chi connectivity index (χ3v) is 3.92. The van der Waals surface area contributed by atoms with E-state index in [-0.39, 0.29) is 18.2 Å². The maximum atomic E-state index is 12.0. The first-order valence-electron chi connectivity index (χ1n) is 5.99. The van der Waals surface area contributed by atoms with Crippen molar-refractivity contribution in [3.8, 4) is 5.75 Å². The minimum absolute atomic E-state index is 0.136. The molecule has 3 nitrogen and oxygen atoms in total. The summed E-state index contributed by atoms with van der Waals surface area (Å²) in [5.74, 6) is -0.0297. The molecule has 0 heterocycles. The lowest BCUT2D eigenvalue weighted by Gasteiger charge is -2.09. The number of rotatable bonds is 3. The third-order valence-electron chi connectivity index (χ3n) is 2.86.